The van der Waals surface area contributed by atoms with E-state index in [1.165, 1.54) is 29.8 Å². The summed E-state index contributed by atoms with van der Waals surface area (Å²) in [4.78, 5) is 26.5. The van der Waals surface area contributed by atoms with E-state index in [0.717, 1.165) is 5.56 Å². The van der Waals surface area contributed by atoms with E-state index in [1.54, 1.807) is 0 Å². The molecule has 0 aliphatic rings. The average molecular weight is 262 g/mol. The Morgan fingerprint density at radius 1 is 1.33 bits per heavy atom. The molecule has 92 valence electrons. The lowest BCUT2D eigenvalue weighted by Gasteiger charge is -2.06. The van der Waals surface area contributed by atoms with Crippen LogP contribution in [0.5, 0.6) is 0 Å². The first-order valence-electron chi connectivity index (χ1n) is 5.15. The molecule has 18 heavy (non-hydrogen) atoms. The molecule has 0 fully saturated rings. The Hall–Kier alpha value is -2.21. The van der Waals surface area contributed by atoms with Crippen LogP contribution in [-0.2, 0) is 6.54 Å². The number of carboxylic acid groups (broad SMARTS) is 1. The number of pyridine rings is 1. The number of aromatic carboxylic acids is 1. The van der Waals surface area contributed by atoms with Crippen LogP contribution in [0.25, 0.3) is 0 Å². The fourth-order valence-corrected chi connectivity index (χ4v) is 2.10. The molecular formula is C12H10N2O3S. The fourth-order valence-electron chi connectivity index (χ4n) is 1.43. The van der Waals surface area contributed by atoms with Gasteiger partial charge in [-0.3, -0.25) is 9.78 Å². The van der Waals surface area contributed by atoms with Crippen LogP contribution in [0.2, 0.25) is 0 Å². The minimum absolute atomic E-state index is 0.0969. The predicted molar refractivity (Wildman–Crippen MR) is 66.7 cm³/mol. The fraction of sp³-hybridized carbons (Fsp3) is 0.0833. The second kappa shape index (κ2) is 5.42. The van der Waals surface area contributed by atoms with Crippen LogP contribution < -0.4 is 5.32 Å². The smallest absolute Gasteiger partial charge is 0.338 e. The van der Waals surface area contributed by atoms with Crippen molar-refractivity contribution in [2.45, 2.75) is 6.54 Å². The zero-order valence-electron chi connectivity index (χ0n) is 9.29. The van der Waals surface area contributed by atoms with E-state index in [4.69, 9.17) is 5.11 Å². The number of carboxylic acids is 1. The molecule has 0 saturated heterocycles. The van der Waals surface area contributed by atoms with E-state index in [2.05, 4.69) is 10.3 Å². The lowest BCUT2D eigenvalue weighted by atomic mass is 10.1. The Morgan fingerprint density at radius 3 is 2.83 bits per heavy atom. The average Bonchev–Trinajstić information content (AvgIpc) is 2.89. The SMILES string of the molecule is O=C(O)c1cnccc1C(=O)NCc1ccsc1. The molecule has 0 aliphatic carbocycles. The van der Waals surface area contributed by atoms with E-state index < -0.39 is 11.9 Å². The number of carbonyl (C=O) groups is 2. The van der Waals surface area contributed by atoms with Crippen LogP contribution in [0.3, 0.4) is 0 Å². The summed E-state index contributed by atoms with van der Waals surface area (Å²) in [5, 5.41) is 15.5. The normalized spacial score (nSPS) is 10.0. The highest BCUT2D eigenvalue weighted by molar-refractivity contribution is 7.07. The highest BCUT2D eigenvalue weighted by Crippen LogP contribution is 2.09. The van der Waals surface area contributed by atoms with E-state index in [0.29, 0.717) is 6.54 Å². The summed E-state index contributed by atoms with van der Waals surface area (Å²) in [6.45, 7) is 0.379. The van der Waals surface area contributed by atoms with Crippen LogP contribution in [0, 0.1) is 0 Å². The molecule has 0 spiro atoms. The van der Waals surface area contributed by atoms with E-state index in [1.807, 2.05) is 16.8 Å². The quantitative estimate of drug-likeness (QED) is 0.880. The molecule has 2 rings (SSSR count). The number of aromatic nitrogens is 1. The monoisotopic (exact) mass is 262 g/mol. The summed E-state index contributed by atoms with van der Waals surface area (Å²) in [5.41, 5.74) is 1.01. The molecule has 2 aromatic heterocycles. The molecule has 5 nitrogen and oxygen atoms in total. The Kier molecular flexibility index (Phi) is 3.69. The van der Waals surface area contributed by atoms with Gasteiger partial charge in [0.1, 0.15) is 0 Å². The van der Waals surface area contributed by atoms with Crippen molar-refractivity contribution in [2.24, 2.45) is 0 Å². The van der Waals surface area contributed by atoms with E-state index in [9.17, 15) is 9.59 Å². The summed E-state index contributed by atoms with van der Waals surface area (Å²) < 4.78 is 0. The Labute approximate surface area is 107 Å². The highest BCUT2D eigenvalue weighted by Gasteiger charge is 2.15. The van der Waals surface area contributed by atoms with Crippen molar-refractivity contribution >= 4 is 23.2 Å². The van der Waals surface area contributed by atoms with Crippen molar-refractivity contribution in [1.29, 1.82) is 0 Å². The first-order chi connectivity index (χ1) is 8.68. The Morgan fingerprint density at radius 2 is 2.17 bits per heavy atom. The maximum absolute atomic E-state index is 11.9. The highest BCUT2D eigenvalue weighted by atomic mass is 32.1. The van der Waals surface area contributed by atoms with Crippen molar-refractivity contribution in [3.05, 3.63) is 52.0 Å². The van der Waals surface area contributed by atoms with Crippen molar-refractivity contribution < 1.29 is 14.7 Å². The maximum Gasteiger partial charge on any atom is 0.338 e. The molecule has 0 saturated carbocycles. The van der Waals surface area contributed by atoms with Gasteiger partial charge < -0.3 is 10.4 Å². The third-order valence-corrected chi connectivity index (χ3v) is 3.06. The van der Waals surface area contributed by atoms with E-state index in [-0.39, 0.29) is 11.1 Å². The lowest BCUT2D eigenvalue weighted by Crippen LogP contribution is -2.24. The van der Waals surface area contributed by atoms with Gasteiger partial charge in [-0.1, -0.05) is 0 Å². The minimum atomic E-state index is -1.16. The lowest BCUT2D eigenvalue weighted by molar-refractivity contribution is 0.0690. The molecule has 0 unspecified atom stereocenters. The molecule has 0 aromatic carbocycles. The summed E-state index contributed by atoms with van der Waals surface area (Å²) in [7, 11) is 0. The first kappa shape index (κ1) is 12.3. The van der Waals surface area contributed by atoms with Crippen molar-refractivity contribution in [2.75, 3.05) is 0 Å². The van der Waals surface area contributed by atoms with Gasteiger partial charge in [0.25, 0.3) is 5.91 Å². The Bertz CT molecular complexity index is 566. The topological polar surface area (TPSA) is 79.3 Å². The number of thiophene rings is 1. The molecule has 0 aliphatic heterocycles. The van der Waals surface area contributed by atoms with Gasteiger partial charge in [0.15, 0.2) is 0 Å². The number of rotatable bonds is 4. The van der Waals surface area contributed by atoms with Crippen molar-refractivity contribution in [3.63, 3.8) is 0 Å². The second-order valence-electron chi connectivity index (χ2n) is 3.54. The first-order valence-corrected chi connectivity index (χ1v) is 6.09. The molecule has 0 radical (unpaired) electrons. The van der Waals surface area contributed by atoms with Crippen LogP contribution in [0.1, 0.15) is 26.3 Å². The zero-order valence-corrected chi connectivity index (χ0v) is 10.1. The maximum atomic E-state index is 11.9. The largest absolute Gasteiger partial charge is 0.478 e. The van der Waals surface area contributed by atoms with Crippen LogP contribution in [0.4, 0.5) is 0 Å². The second-order valence-corrected chi connectivity index (χ2v) is 4.32. The number of amides is 1. The van der Waals surface area contributed by atoms with Gasteiger partial charge in [0, 0.05) is 18.9 Å². The third kappa shape index (κ3) is 2.72. The van der Waals surface area contributed by atoms with Gasteiger partial charge in [0.05, 0.1) is 11.1 Å². The van der Waals surface area contributed by atoms with Gasteiger partial charge in [0.2, 0.25) is 0 Å². The third-order valence-electron chi connectivity index (χ3n) is 2.33. The zero-order chi connectivity index (χ0) is 13.0. The van der Waals surface area contributed by atoms with Crippen LogP contribution in [0.15, 0.2) is 35.3 Å². The molecule has 2 aromatic rings. The molecule has 1 amide bonds. The molecule has 0 bridgehead atoms. The van der Waals surface area contributed by atoms with Gasteiger partial charge >= 0.3 is 5.97 Å². The minimum Gasteiger partial charge on any atom is -0.478 e. The van der Waals surface area contributed by atoms with Crippen LogP contribution in [-0.4, -0.2) is 22.0 Å². The molecule has 6 heteroatoms. The summed E-state index contributed by atoms with van der Waals surface area (Å²) in [5.74, 6) is -1.58. The number of carbonyl (C=O) groups excluding carboxylic acids is 1. The number of nitrogens with zero attached hydrogens (tertiary/aromatic N) is 1. The number of hydrogen-bond donors (Lipinski definition) is 2. The van der Waals surface area contributed by atoms with Crippen molar-refractivity contribution in [3.8, 4) is 0 Å². The van der Waals surface area contributed by atoms with Crippen molar-refractivity contribution in [1.82, 2.24) is 10.3 Å². The molecule has 2 N–H and O–H groups in total. The standard InChI is InChI=1S/C12H10N2O3S/c15-11(14-5-8-2-4-18-7-8)9-1-3-13-6-10(9)12(16)17/h1-4,6-7H,5H2,(H,14,15)(H,16,17). The number of hydrogen-bond acceptors (Lipinski definition) is 4. The molecule has 2 heterocycles. The van der Waals surface area contributed by atoms with Crippen LogP contribution >= 0.6 is 11.3 Å². The molecular weight excluding hydrogens is 252 g/mol. The van der Waals surface area contributed by atoms with Gasteiger partial charge in [-0.15, -0.1) is 0 Å². The van der Waals surface area contributed by atoms with Gasteiger partial charge in [-0.25, -0.2) is 4.79 Å². The van der Waals surface area contributed by atoms with Gasteiger partial charge in [-0.05, 0) is 28.5 Å². The molecule has 0 atom stereocenters. The predicted octanol–water partition coefficient (Wildman–Crippen LogP) is 1.77. The number of nitrogens with one attached hydrogen (secondary N) is 1. The summed E-state index contributed by atoms with van der Waals surface area (Å²) in [6.07, 6.45) is 2.56. The van der Waals surface area contributed by atoms with E-state index >= 15 is 0 Å². The van der Waals surface area contributed by atoms with Gasteiger partial charge in [-0.2, -0.15) is 11.3 Å². The Balaban J connectivity index is 2.11. The summed E-state index contributed by atoms with van der Waals surface area (Å²) in [6, 6.07) is 3.29. The summed E-state index contributed by atoms with van der Waals surface area (Å²) >= 11 is 1.54.